The average Bonchev–Trinajstić information content (AvgIpc) is 2.71. The smallest absolute Gasteiger partial charge is 0.259 e. The molecule has 0 aliphatic heterocycles. The lowest BCUT2D eigenvalue weighted by molar-refractivity contribution is -0.130. The van der Waals surface area contributed by atoms with E-state index in [9.17, 15) is 9.18 Å². The van der Waals surface area contributed by atoms with Crippen LogP contribution < -0.4 is 15.4 Å². The van der Waals surface area contributed by atoms with Gasteiger partial charge < -0.3 is 20.3 Å². The molecule has 0 aliphatic carbocycles. The standard InChI is InChI=1S/C22H29FN4O2/c1-5-24-22(26-14-18-10-9-16(2)20(23)12-18)25-13-17-7-6-8-19(11-17)29-15-21(28)27(3)4/h6-12H,5,13-15H2,1-4H3,(H2,24,25,26). The lowest BCUT2D eigenvalue weighted by Gasteiger charge is -2.13. The minimum atomic E-state index is -0.212. The molecule has 0 atom stereocenters. The molecule has 0 bridgehead atoms. The first-order valence-corrected chi connectivity index (χ1v) is 9.58. The highest BCUT2D eigenvalue weighted by Gasteiger charge is 2.06. The second kappa shape index (κ2) is 11.0. The SMILES string of the molecule is CCNC(=NCc1cccc(OCC(=O)N(C)C)c1)NCc1ccc(C)c(F)c1. The van der Waals surface area contributed by atoms with Crippen LogP contribution in [0.25, 0.3) is 0 Å². The van der Waals surface area contributed by atoms with E-state index < -0.39 is 0 Å². The van der Waals surface area contributed by atoms with Gasteiger partial charge in [-0.25, -0.2) is 9.38 Å². The number of hydrogen-bond acceptors (Lipinski definition) is 3. The van der Waals surface area contributed by atoms with Crippen molar-refractivity contribution in [2.75, 3.05) is 27.2 Å². The summed E-state index contributed by atoms with van der Waals surface area (Å²) < 4.78 is 19.3. The maximum Gasteiger partial charge on any atom is 0.259 e. The van der Waals surface area contributed by atoms with E-state index in [1.165, 1.54) is 11.0 Å². The number of nitrogens with one attached hydrogen (secondary N) is 2. The highest BCUT2D eigenvalue weighted by Crippen LogP contribution is 2.14. The van der Waals surface area contributed by atoms with Crippen molar-refractivity contribution >= 4 is 11.9 Å². The van der Waals surface area contributed by atoms with E-state index in [1.54, 1.807) is 27.1 Å². The highest BCUT2D eigenvalue weighted by atomic mass is 19.1. The molecule has 2 rings (SSSR count). The van der Waals surface area contributed by atoms with Gasteiger partial charge in [-0.3, -0.25) is 4.79 Å². The van der Waals surface area contributed by atoms with Crippen molar-refractivity contribution in [1.82, 2.24) is 15.5 Å². The summed E-state index contributed by atoms with van der Waals surface area (Å²) in [6, 6.07) is 12.7. The molecule has 0 unspecified atom stereocenters. The van der Waals surface area contributed by atoms with Crippen molar-refractivity contribution in [3.05, 3.63) is 65.0 Å². The summed E-state index contributed by atoms with van der Waals surface area (Å²) in [5.41, 5.74) is 2.43. The van der Waals surface area contributed by atoms with E-state index in [2.05, 4.69) is 15.6 Å². The van der Waals surface area contributed by atoms with Crippen LogP contribution in [-0.2, 0) is 17.9 Å². The van der Waals surface area contributed by atoms with Gasteiger partial charge in [-0.2, -0.15) is 0 Å². The van der Waals surface area contributed by atoms with E-state index in [-0.39, 0.29) is 18.3 Å². The topological polar surface area (TPSA) is 66.0 Å². The number of guanidine groups is 1. The third kappa shape index (κ3) is 7.44. The Morgan fingerprint density at radius 2 is 1.93 bits per heavy atom. The van der Waals surface area contributed by atoms with Gasteiger partial charge >= 0.3 is 0 Å². The molecule has 0 heterocycles. The fourth-order valence-electron chi connectivity index (χ4n) is 2.45. The molecule has 1 amide bonds. The molecule has 0 spiro atoms. The van der Waals surface area contributed by atoms with Gasteiger partial charge in [0.1, 0.15) is 11.6 Å². The Labute approximate surface area is 171 Å². The summed E-state index contributed by atoms with van der Waals surface area (Å²) in [5, 5.41) is 6.39. The number of halogens is 1. The van der Waals surface area contributed by atoms with Crippen molar-refractivity contribution in [1.29, 1.82) is 0 Å². The van der Waals surface area contributed by atoms with E-state index in [1.807, 2.05) is 37.3 Å². The Kier molecular flexibility index (Phi) is 8.45. The number of aliphatic imine (C=N–C) groups is 1. The quantitative estimate of drug-likeness (QED) is 0.528. The predicted molar refractivity (Wildman–Crippen MR) is 113 cm³/mol. The van der Waals surface area contributed by atoms with Crippen LogP contribution in [0.5, 0.6) is 5.75 Å². The third-order valence-electron chi connectivity index (χ3n) is 4.22. The van der Waals surface area contributed by atoms with Gasteiger partial charge in [0.25, 0.3) is 5.91 Å². The lowest BCUT2D eigenvalue weighted by atomic mass is 10.1. The summed E-state index contributed by atoms with van der Waals surface area (Å²) >= 11 is 0. The fraction of sp³-hybridized carbons (Fsp3) is 0.364. The van der Waals surface area contributed by atoms with Crippen LogP contribution in [-0.4, -0.2) is 44.0 Å². The van der Waals surface area contributed by atoms with Gasteiger partial charge in [0, 0.05) is 27.2 Å². The van der Waals surface area contributed by atoms with Crippen molar-refractivity contribution < 1.29 is 13.9 Å². The summed E-state index contributed by atoms with van der Waals surface area (Å²) in [7, 11) is 3.38. The molecule has 0 fully saturated rings. The molecule has 7 heteroatoms. The Morgan fingerprint density at radius 3 is 2.62 bits per heavy atom. The number of carbonyl (C=O) groups is 1. The van der Waals surface area contributed by atoms with Gasteiger partial charge in [-0.1, -0.05) is 24.3 Å². The van der Waals surface area contributed by atoms with E-state index in [0.29, 0.717) is 36.9 Å². The zero-order valence-corrected chi connectivity index (χ0v) is 17.5. The van der Waals surface area contributed by atoms with Crippen LogP contribution in [0, 0.1) is 12.7 Å². The summed E-state index contributed by atoms with van der Waals surface area (Å²) in [6.07, 6.45) is 0. The molecule has 0 aliphatic rings. The number of ether oxygens (including phenoxy) is 1. The normalized spacial score (nSPS) is 11.1. The maximum atomic E-state index is 13.7. The Hall–Kier alpha value is -3.09. The molecule has 2 aromatic carbocycles. The fourth-order valence-corrected chi connectivity index (χ4v) is 2.45. The molecular weight excluding hydrogens is 371 g/mol. The maximum absolute atomic E-state index is 13.7. The predicted octanol–water partition coefficient (Wildman–Crippen LogP) is 2.86. The number of hydrogen-bond donors (Lipinski definition) is 2. The molecule has 0 saturated carbocycles. The third-order valence-corrected chi connectivity index (χ3v) is 4.22. The second-order valence-electron chi connectivity index (χ2n) is 6.86. The minimum absolute atomic E-state index is 0.00295. The first-order chi connectivity index (χ1) is 13.9. The monoisotopic (exact) mass is 400 g/mol. The Balaban J connectivity index is 1.97. The molecule has 2 N–H and O–H groups in total. The number of aryl methyl sites for hydroxylation is 1. The van der Waals surface area contributed by atoms with Crippen LogP contribution in [0.1, 0.15) is 23.6 Å². The zero-order valence-electron chi connectivity index (χ0n) is 17.5. The van der Waals surface area contributed by atoms with Gasteiger partial charge in [-0.15, -0.1) is 0 Å². The van der Waals surface area contributed by atoms with E-state index in [0.717, 1.165) is 11.1 Å². The van der Waals surface area contributed by atoms with Crippen molar-refractivity contribution in [2.24, 2.45) is 4.99 Å². The molecular formula is C22H29FN4O2. The number of benzene rings is 2. The lowest BCUT2D eigenvalue weighted by Crippen LogP contribution is -2.36. The molecule has 156 valence electrons. The van der Waals surface area contributed by atoms with Gasteiger partial charge in [-0.05, 0) is 48.7 Å². The van der Waals surface area contributed by atoms with Crippen LogP contribution in [0.3, 0.4) is 0 Å². The zero-order chi connectivity index (χ0) is 21.2. The molecule has 6 nitrogen and oxygen atoms in total. The van der Waals surface area contributed by atoms with Gasteiger partial charge in [0.15, 0.2) is 12.6 Å². The highest BCUT2D eigenvalue weighted by molar-refractivity contribution is 5.79. The summed E-state index contributed by atoms with van der Waals surface area (Å²) in [4.78, 5) is 17.7. The number of rotatable bonds is 8. The second-order valence-corrected chi connectivity index (χ2v) is 6.86. The largest absolute Gasteiger partial charge is 0.484 e. The Bertz CT molecular complexity index is 852. The van der Waals surface area contributed by atoms with Gasteiger partial charge in [0.2, 0.25) is 0 Å². The van der Waals surface area contributed by atoms with Crippen molar-refractivity contribution in [3.63, 3.8) is 0 Å². The van der Waals surface area contributed by atoms with Crippen molar-refractivity contribution in [2.45, 2.75) is 26.9 Å². The van der Waals surface area contributed by atoms with E-state index in [4.69, 9.17) is 4.74 Å². The number of nitrogens with zero attached hydrogens (tertiary/aromatic N) is 2. The first kappa shape index (κ1) is 22.2. The van der Waals surface area contributed by atoms with Crippen LogP contribution >= 0.6 is 0 Å². The van der Waals surface area contributed by atoms with Crippen LogP contribution in [0.15, 0.2) is 47.5 Å². The molecule has 2 aromatic rings. The molecule has 0 aromatic heterocycles. The Morgan fingerprint density at radius 1 is 1.14 bits per heavy atom. The van der Waals surface area contributed by atoms with Crippen LogP contribution in [0.2, 0.25) is 0 Å². The van der Waals surface area contributed by atoms with E-state index >= 15 is 0 Å². The molecule has 0 saturated heterocycles. The number of carbonyl (C=O) groups excluding carboxylic acids is 1. The van der Waals surface area contributed by atoms with Gasteiger partial charge in [0.05, 0.1) is 6.54 Å². The van der Waals surface area contributed by atoms with Crippen molar-refractivity contribution in [3.8, 4) is 5.75 Å². The van der Waals surface area contributed by atoms with Crippen LogP contribution in [0.4, 0.5) is 4.39 Å². The summed E-state index contributed by atoms with van der Waals surface area (Å²) in [6.45, 7) is 5.35. The molecule has 29 heavy (non-hydrogen) atoms. The first-order valence-electron chi connectivity index (χ1n) is 9.58. The summed E-state index contributed by atoms with van der Waals surface area (Å²) in [5.74, 6) is 0.957. The average molecular weight is 400 g/mol. The number of amides is 1. The molecule has 0 radical (unpaired) electrons. The minimum Gasteiger partial charge on any atom is -0.484 e. The number of likely N-dealkylation sites (N-methyl/N-ethyl adjacent to an activating group) is 1.